The molecule has 0 saturated heterocycles. The average molecular weight is 285 g/mol. The molecule has 2 atom stereocenters. The van der Waals surface area contributed by atoms with Crippen LogP contribution in [0.1, 0.15) is 56.7 Å². The van der Waals surface area contributed by atoms with Crippen molar-refractivity contribution in [2.24, 2.45) is 5.92 Å². The molecule has 1 aliphatic carbocycles. The molecule has 0 amide bonds. The van der Waals surface area contributed by atoms with E-state index >= 15 is 0 Å². The maximum absolute atomic E-state index is 13.0. The van der Waals surface area contributed by atoms with E-state index in [9.17, 15) is 13.2 Å². The molecule has 1 aromatic rings. The van der Waals surface area contributed by atoms with E-state index in [0.29, 0.717) is 11.6 Å². The zero-order chi connectivity index (χ0) is 14.8. The van der Waals surface area contributed by atoms with Gasteiger partial charge in [-0.2, -0.15) is 13.2 Å². The SMILES string of the molecule is CCC(CC1CC1)NC(C)c1ccccc1C(F)(F)F. The molecule has 20 heavy (non-hydrogen) atoms. The fourth-order valence-corrected chi connectivity index (χ4v) is 2.68. The highest BCUT2D eigenvalue weighted by molar-refractivity contribution is 5.32. The average Bonchev–Trinajstić information content (AvgIpc) is 3.20. The summed E-state index contributed by atoms with van der Waals surface area (Å²) in [5.74, 6) is 0.775. The van der Waals surface area contributed by atoms with Gasteiger partial charge in [0.15, 0.2) is 0 Å². The Morgan fingerprint density at radius 3 is 2.45 bits per heavy atom. The first-order valence-corrected chi connectivity index (χ1v) is 7.34. The summed E-state index contributed by atoms with van der Waals surface area (Å²) < 4.78 is 39.1. The Bertz CT molecular complexity index is 438. The fourth-order valence-electron chi connectivity index (χ4n) is 2.68. The van der Waals surface area contributed by atoms with Crippen molar-refractivity contribution in [1.29, 1.82) is 0 Å². The number of rotatable bonds is 6. The minimum atomic E-state index is -4.29. The molecular formula is C16H22F3N. The van der Waals surface area contributed by atoms with E-state index in [0.717, 1.165) is 24.8 Å². The molecule has 0 radical (unpaired) electrons. The van der Waals surface area contributed by atoms with Crippen LogP contribution in [0.15, 0.2) is 24.3 Å². The maximum Gasteiger partial charge on any atom is 0.416 e. The molecule has 4 heteroatoms. The Morgan fingerprint density at radius 2 is 1.90 bits per heavy atom. The van der Waals surface area contributed by atoms with Crippen molar-refractivity contribution in [1.82, 2.24) is 5.32 Å². The van der Waals surface area contributed by atoms with Gasteiger partial charge in [-0.1, -0.05) is 38.0 Å². The van der Waals surface area contributed by atoms with Gasteiger partial charge in [0.25, 0.3) is 0 Å². The Labute approximate surface area is 118 Å². The molecule has 0 heterocycles. The molecular weight excluding hydrogens is 263 g/mol. The second-order valence-electron chi connectivity index (χ2n) is 5.76. The summed E-state index contributed by atoms with van der Waals surface area (Å²) in [5, 5.41) is 3.37. The molecule has 2 rings (SSSR count). The van der Waals surface area contributed by atoms with Gasteiger partial charge in [-0.15, -0.1) is 0 Å². The molecule has 2 unspecified atom stereocenters. The topological polar surface area (TPSA) is 12.0 Å². The number of hydrogen-bond acceptors (Lipinski definition) is 1. The standard InChI is InChI=1S/C16H22F3N/c1-3-13(10-12-8-9-12)20-11(2)14-6-4-5-7-15(14)16(17,18)19/h4-7,11-13,20H,3,8-10H2,1-2H3. The van der Waals surface area contributed by atoms with E-state index in [4.69, 9.17) is 0 Å². The van der Waals surface area contributed by atoms with Crippen LogP contribution in [0.25, 0.3) is 0 Å². The van der Waals surface area contributed by atoms with Crippen molar-refractivity contribution in [3.8, 4) is 0 Å². The number of benzene rings is 1. The minimum absolute atomic E-state index is 0.281. The second-order valence-corrected chi connectivity index (χ2v) is 5.76. The summed E-state index contributed by atoms with van der Waals surface area (Å²) in [5.41, 5.74) is -0.185. The van der Waals surface area contributed by atoms with Crippen LogP contribution in [0, 0.1) is 5.92 Å². The highest BCUT2D eigenvalue weighted by Gasteiger charge is 2.34. The summed E-state index contributed by atoms with van der Waals surface area (Å²) in [6.07, 6.45) is 0.284. The lowest BCUT2D eigenvalue weighted by Gasteiger charge is -2.25. The van der Waals surface area contributed by atoms with Gasteiger partial charge < -0.3 is 5.32 Å². The molecule has 1 nitrogen and oxygen atoms in total. The highest BCUT2D eigenvalue weighted by atomic mass is 19.4. The summed E-state index contributed by atoms with van der Waals surface area (Å²) in [6.45, 7) is 3.91. The Balaban J connectivity index is 2.09. The monoisotopic (exact) mass is 285 g/mol. The van der Waals surface area contributed by atoms with E-state index in [1.165, 1.54) is 18.9 Å². The van der Waals surface area contributed by atoms with Crippen molar-refractivity contribution < 1.29 is 13.2 Å². The summed E-state index contributed by atoms with van der Waals surface area (Å²) in [6, 6.07) is 5.88. The first-order valence-electron chi connectivity index (χ1n) is 7.34. The Hall–Kier alpha value is -1.03. The molecule has 0 spiro atoms. The molecule has 1 fully saturated rings. The van der Waals surface area contributed by atoms with Crippen LogP contribution < -0.4 is 5.32 Å². The molecule has 1 saturated carbocycles. The van der Waals surface area contributed by atoms with Crippen LogP contribution >= 0.6 is 0 Å². The highest BCUT2D eigenvalue weighted by Crippen LogP contribution is 2.36. The Morgan fingerprint density at radius 1 is 1.25 bits per heavy atom. The number of halogens is 3. The third-order valence-electron chi connectivity index (χ3n) is 4.03. The maximum atomic E-state index is 13.0. The molecule has 1 aliphatic rings. The van der Waals surface area contributed by atoms with Crippen molar-refractivity contribution in [3.05, 3.63) is 35.4 Å². The van der Waals surface area contributed by atoms with Crippen molar-refractivity contribution in [3.63, 3.8) is 0 Å². The molecule has 112 valence electrons. The number of nitrogens with one attached hydrogen (secondary N) is 1. The first kappa shape index (κ1) is 15.4. The molecule has 1 N–H and O–H groups in total. The lowest BCUT2D eigenvalue weighted by atomic mass is 9.99. The third-order valence-corrected chi connectivity index (χ3v) is 4.03. The van der Waals surface area contributed by atoms with Crippen LogP contribution in [0.4, 0.5) is 13.2 Å². The number of alkyl halides is 3. The Kier molecular flexibility index (Phi) is 4.74. The van der Waals surface area contributed by atoms with Gasteiger partial charge in [-0.05, 0) is 37.3 Å². The normalized spacial score (nSPS) is 18.9. The summed E-state index contributed by atoms with van der Waals surface area (Å²) >= 11 is 0. The van der Waals surface area contributed by atoms with Crippen molar-refractivity contribution in [2.75, 3.05) is 0 Å². The van der Waals surface area contributed by atoms with Crippen LogP contribution in [0.3, 0.4) is 0 Å². The lowest BCUT2D eigenvalue weighted by Crippen LogP contribution is -2.32. The van der Waals surface area contributed by atoms with Gasteiger partial charge in [-0.25, -0.2) is 0 Å². The van der Waals surface area contributed by atoms with E-state index in [-0.39, 0.29) is 6.04 Å². The third kappa shape index (κ3) is 3.98. The quantitative estimate of drug-likeness (QED) is 0.781. The van der Waals surface area contributed by atoms with Gasteiger partial charge in [0.05, 0.1) is 5.56 Å². The van der Waals surface area contributed by atoms with Crippen LogP contribution in [-0.2, 0) is 6.18 Å². The largest absolute Gasteiger partial charge is 0.416 e. The fraction of sp³-hybridized carbons (Fsp3) is 0.625. The molecule has 0 aliphatic heterocycles. The predicted octanol–water partition coefficient (Wildman–Crippen LogP) is 4.93. The molecule has 0 bridgehead atoms. The second kappa shape index (κ2) is 6.17. The van der Waals surface area contributed by atoms with Gasteiger partial charge in [0.1, 0.15) is 0 Å². The van der Waals surface area contributed by atoms with E-state index in [1.807, 2.05) is 6.92 Å². The zero-order valence-corrected chi connectivity index (χ0v) is 12.0. The smallest absolute Gasteiger partial charge is 0.307 e. The first-order chi connectivity index (χ1) is 9.41. The lowest BCUT2D eigenvalue weighted by molar-refractivity contribution is -0.138. The zero-order valence-electron chi connectivity index (χ0n) is 12.0. The number of hydrogen-bond donors (Lipinski definition) is 1. The minimum Gasteiger partial charge on any atom is -0.307 e. The van der Waals surface area contributed by atoms with E-state index in [1.54, 1.807) is 12.1 Å². The van der Waals surface area contributed by atoms with Crippen molar-refractivity contribution >= 4 is 0 Å². The van der Waals surface area contributed by atoms with Gasteiger partial charge in [-0.3, -0.25) is 0 Å². The predicted molar refractivity (Wildman–Crippen MR) is 74.4 cm³/mol. The van der Waals surface area contributed by atoms with E-state index < -0.39 is 11.7 Å². The van der Waals surface area contributed by atoms with Gasteiger partial charge in [0, 0.05) is 12.1 Å². The summed E-state index contributed by atoms with van der Waals surface area (Å²) in [7, 11) is 0. The summed E-state index contributed by atoms with van der Waals surface area (Å²) in [4.78, 5) is 0. The van der Waals surface area contributed by atoms with Crippen LogP contribution in [0.5, 0.6) is 0 Å². The van der Waals surface area contributed by atoms with Crippen LogP contribution in [0.2, 0.25) is 0 Å². The van der Waals surface area contributed by atoms with E-state index in [2.05, 4.69) is 12.2 Å². The molecule has 0 aromatic heterocycles. The van der Waals surface area contributed by atoms with Crippen molar-refractivity contribution in [2.45, 2.75) is 57.8 Å². The molecule has 1 aromatic carbocycles. The van der Waals surface area contributed by atoms with Crippen LogP contribution in [-0.4, -0.2) is 6.04 Å². The van der Waals surface area contributed by atoms with Gasteiger partial charge in [0.2, 0.25) is 0 Å². The van der Waals surface area contributed by atoms with Gasteiger partial charge >= 0.3 is 6.18 Å².